The Morgan fingerprint density at radius 3 is 2.44 bits per heavy atom. The Balaban J connectivity index is 1.79. The van der Waals surface area contributed by atoms with Gasteiger partial charge in [0.1, 0.15) is 0 Å². The zero-order valence-electron chi connectivity index (χ0n) is 10.4. The molecule has 0 saturated carbocycles. The summed E-state index contributed by atoms with van der Waals surface area (Å²) in [5.74, 6) is 0. The average molecular weight is 241 g/mol. The summed E-state index contributed by atoms with van der Waals surface area (Å²) in [4.78, 5) is 0. The Labute approximate surface area is 108 Å². The average Bonchev–Trinajstić information content (AvgIpc) is 2.38. The maximum absolute atomic E-state index is 5.87. The SMILES string of the molecule is Nc1ccc(NCCCc2ccccc2)c(N)c1. The highest BCUT2D eigenvalue weighted by Crippen LogP contribution is 2.20. The normalized spacial score (nSPS) is 10.2. The van der Waals surface area contributed by atoms with Crippen molar-refractivity contribution in [2.24, 2.45) is 0 Å². The first kappa shape index (κ1) is 12.3. The molecule has 0 bridgehead atoms. The lowest BCUT2D eigenvalue weighted by atomic mass is 10.1. The molecule has 3 nitrogen and oxygen atoms in total. The van der Waals surface area contributed by atoms with E-state index in [1.807, 2.05) is 18.2 Å². The van der Waals surface area contributed by atoms with Crippen LogP contribution in [0.1, 0.15) is 12.0 Å². The standard InChI is InChI=1S/C15H19N3/c16-13-8-9-15(14(17)11-13)18-10-4-7-12-5-2-1-3-6-12/h1-3,5-6,8-9,11,18H,4,7,10,16-17H2. The van der Waals surface area contributed by atoms with Gasteiger partial charge in [0.25, 0.3) is 0 Å². The summed E-state index contributed by atoms with van der Waals surface area (Å²) in [5.41, 5.74) is 15.2. The molecule has 94 valence electrons. The molecule has 0 heterocycles. The summed E-state index contributed by atoms with van der Waals surface area (Å²) >= 11 is 0. The van der Waals surface area contributed by atoms with Gasteiger partial charge in [-0.05, 0) is 36.6 Å². The molecule has 3 heteroatoms. The number of anilines is 3. The minimum Gasteiger partial charge on any atom is -0.399 e. The van der Waals surface area contributed by atoms with Crippen molar-refractivity contribution in [3.05, 3.63) is 54.1 Å². The van der Waals surface area contributed by atoms with Gasteiger partial charge in [0.2, 0.25) is 0 Å². The number of aryl methyl sites for hydroxylation is 1. The predicted octanol–water partition coefficient (Wildman–Crippen LogP) is 2.90. The highest BCUT2D eigenvalue weighted by Gasteiger charge is 1.98. The third-order valence-electron chi connectivity index (χ3n) is 2.88. The van der Waals surface area contributed by atoms with Crippen LogP contribution in [-0.4, -0.2) is 6.54 Å². The number of hydrogen-bond donors (Lipinski definition) is 3. The summed E-state index contributed by atoms with van der Waals surface area (Å²) in [6.45, 7) is 0.906. The van der Waals surface area contributed by atoms with E-state index in [-0.39, 0.29) is 0 Å². The first-order valence-corrected chi connectivity index (χ1v) is 6.18. The molecule has 2 aromatic carbocycles. The third kappa shape index (κ3) is 3.42. The van der Waals surface area contributed by atoms with Crippen molar-refractivity contribution in [3.63, 3.8) is 0 Å². The summed E-state index contributed by atoms with van der Waals surface area (Å²) in [5, 5.41) is 3.33. The number of nitrogens with two attached hydrogens (primary N) is 2. The molecule has 18 heavy (non-hydrogen) atoms. The zero-order valence-corrected chi connectivity index (χ0v) is 10.4. The number of nitrogen functional groups attached to an aromatic ring is 2. The largest absolute Gasteiger partial charge is 0.399 e. The Morgan fingerprint density at radius 1 is 0.944 bits per heavy atom. The molecule has 5 N–H and O–H groups in total. The predicted molar refractivity (Wildman–Crippen MR) is 78.5 cm³/mol. The van der Waals surface area contributed by atoms with E-state index in [4.69, 9.17) is 11.5 Å². The van der Waals surface area contributed by atoms with Crippen molar-refractivity contribution in [1.82, 2.24) is 0 Å². The van der Waals surface area contributed by atoms with Crippen molar-refractivity contribution in [2.45, 2.75) is 12.8 Å². The maximum atomic E-state index is 5.87. The van der Waals surface area contributed by atoms with E-state index < -0.39 is 0 Å². The number of hydrogen-bond acceptors (Lipinski definition) is 3. The van der Waals surface area contributed by atoms with Crippen LogP contribution in [0.4, 0.5) is 17.1 Å². The second kappa shape index (κ2) is 5.96. The Kier molecular flexibility index (Phi) is 4.07. The van der Waals surface area contributed by atoms with Crippen molar-refractivity contribution < 1.29 is 0 Å². The van der Waals surface area contributed by atoms with Gasteiger partial charge < -0.3 is 16.8 Å². The van der Waals surface area contributed by atoms with Gasteiger partial charge in [-0.1, -0.05) is 30.3 Å². The van der Waals surface area contributed by atoms with Crippen LogP contribution in [0.2, 0.25) is 0 Å². The molecule has 0 radical (unpaired) electrons. The molecular formula is C15H19N3. The molecule has 0 aromatic heterocycles. The number of nitrogens with one attached hydrogen (secondary N) is 1. The summed E-state index contributed by atoms with van der Waals surface area (Å²) < 4.78 is 0. The van der Waals surface area contributed by atoms with Crippen LogP contribution >= 0.6 is 0 Å². The molecule has 0 aliphatic heterocycles. The third-order valence-corrected chi connectivity index (χ3v) is 2.88. The lowest BCUT2D eigenvalue weighted by Gasteiger charge is -2.09. The molecule has 0 unspecified atom stereocenters. The van der Waals surface area contributed by atoms with Gasteiger partial charge in [-0.15, -0.1) is 0 Å². The fraction of sp³-hybridized carbons (Fsp3) is 0.200. The smallest absolute Gasteiger partial charge is 0.0575 e. The van der Waals surface area contributed by atoms with Gasteiger partial charge in [-0.3, -0.25) is 0 Å². The van der Waals surface area contributed by atoms with Crippen molar-refractivity contribution in [2.75, 3.05) is 23.3 Å². The fourth-order valence-electron chi connectivity index (χ4n) is 1.90. The Hall–Kier alpha value is -2.16. The lowest BCUT2D eigenvalue weighted by molar-refractivity contribution is 0.863. The van der Waals surface area contributed by atoms with E-state index in [9.17, 15) is 0 Å². The van der Waals surface area contributed by atoms with Crippen LogP contribution in [0.25, 0.3) is 0 Å². The van der Waals surface area contributed by atoms with Crippen LogP contribution in [0.3, 0.4) is 0 Å². The van der Waals surface area contributed by atoms with E-state index >= 15 is 0 Å². The molecule has 0 aliphatic rings. The van der Waals surface area contributed by atoms with Crippen LogP contribution in [0.5, 0.6) is 0 Å². The monoisotopic (exact) mass is 241 g/mol. The van der Waals surface area contributed by atoms with Crippen LogP contribution in [0, 0.1) is 0 Å². The fourth-order valence-corrected chi connectivity index (χ4v) is 1.90. The Bertz CT molecular complexity index is 494. The minimum absolute atomic E-state index is 0.697. The molecule has 2 rings (SSSR count). The highest BCUT2D eigenvalue weighted by atomic mass is 14.9. The topological polar surface area (TPSA) is 64.1 Å². The molecular weight excluding hydrogens is 222 g/mol. The summed E-state index contributed by atoms with van der Waals surface area (Å²) in [6, 6.07) is 16.0. The summed E-state index contributed by atoms with van der Waals surface area (Å²) in [7, 11) is 0. The lowest BCUT2D eigenvalue weighted by Crippen LogP contribution is -2.05. The number of benzene rings is 2. The van der Waals surface area contributed by atoms with E-state index in [2.05, 4.69) is 29.6 Å². The van der Waals surface area contributed by atoms with Crippen LogP contribution in [0.15, 0.2) is 48.5 Å². The van der Waals surface area contributed by atoms with Gasteiger partial charge in [0.15, 0.2) is 0 Å². The van der Waals surface area contributed by atoms with Gasteiger partial charge in [0, 0.05) is 12.2 Å². The quantitative estimate of drug-likeness (QED) is 0.557. The van der Waals surface area contributed by atoms with Gasteiger partial charge in [0.05, 0.1) is 11.4 Å². The van der Waals surface area contributed by atoms with Crippen molar-refractivity contribution in [3.8, 4) is 0 Å². The molecule has 2 aromatic rings. The highest BCUT2D eigenvalue weighted by molar-refractivity contribution is 5.70. The number of rotatable bonds is 5. The van der Waals surface area contributed by atoms with Crippen molar-refractivity contribution >= 4 is 17.1 Å². The zero-order chi connectivity index (χ0) is 12.8. The first-order valence-electron chi connectivity index (χ1n) is 6.18. The van der Waals surface area contributed by atoms with Crippen LogP contribution < -0.4 is 16.8 Å². The Morgan fingerprint density at radius 2 is 1.72 bits per heavy atom. The van der Waals surface area contributed by atoms with Crippen LogP contribution in [-0.2, 0) is 6.42 Å². The second-order valence-corrected chi connectivity index (χ2v) is 4.36. The van der Waals surface area contributed by atoms with Gasteiger partial charge in [-0.2, -0.15) is 0 Å². The molecule has 0 saturated heterocycles. The van der Waals surface area contributed by atoms with Crippen molar-refractivity contribution in [1.29, 1.82) is 0 Å². The molecule has 0 aliphatic carbocycles. The first-order chi connectivity index (χ1) is 8.75. The molecule has 0 amide bonds. The van der Waals surface area contributed by atoms with E-state index in [0.29, 0.717) is 11.4 Å². The minimum atomic E-state index is 0.697. The molecule has 0 spiro atoms. The van der Waals surface area contributed by atoms with E-state index in [0.717, 1.165) is 25.1 Å². The van der Waals surface area contributed by atoms with E-state index in [1.54, 1.807) is 6.07 Å². The van der Waals surface area contributed by atoms with Gasteiger partial charge in [-0.25, -0.2) is 0 Å². The molecule has 0 atom stereocenters. The van der Waals surface area contributed by atoms with E-state index in [1.165, 1.54) is 5.56 Å². The second-order valence-electron chi connectivity index (χ2n) is 4.36. The molecule has 0 fully saturated rings. The van der Waals surface area contributed by atoms with Gasteiger partial charge >= 0.3 is 0 Å². The summed E-state index contributed by atoms with van der Waals surface area (Å²) in [6.07, 6.45) is 2.15. The maximum Gasteiger partial charge on any atom is 0.0575 e.